The van der Waals surface area contributed by atoms with Gasteiger partial charge in [-0.2, -0.15) is 5.10 Å². The van der Waals surface area contributed by atoms with Crippen LogP contribution in [0.25, 0.3) is 0 Å². The number of carbonyl (C=O) groups is 1. The third-order valence-corrected chi connectivity index (χ3v) is 3.32. The molecule has 1 aromatic heterocycles. The van der Waals surface area contributed by atoms with Crippen molar-refractivity contribution in [1.82, 2.24) is 9.78 Å². The van der Waals surface area contributed by atoms with E-state index in [0.717, 1.165) is 0 Å². The van der Waals surface area contributed by atoms with Crippen LogP contribution in [0.15, 0.2) is 6.07 Å². The van der Waals surface area contributed by atoms with Crippen molar-refractivity contribution in [3.63, 3.8) is 0 Å². The lowest BCUT2D eigenvalue weighted by molar-refractivity contribution is -0.136. The summed E-state index contributed by atoms with van der Waals surface area (Å²) in [4.78, 5) is 10.6. The molecule has 1 saturated carbocycles. The molecular weight excluding hydrogens is 204 g/mol. The number of aromatic nitrogens is 2. The molecule has 1 aromatic rings. The highest BCUT2D eigenvalue weighted by Gasteiger charge is 2.20. The van der Waals surface area contributed by atoms with Crippen LogP contribution in [0.3, 0.4) is 0 Å². The maximum atomic E-state index is 10.6. The number of hydrogen-bond donors (Lipinski definition) is 1. The quantitative estimate of drug-likeness (QED) is 0.852. The molecule has 1 aliphatic rings. The van der Waals surface area contributed by atoms with E-state index in [1.54, 1.807) is 0 Å². The lowest BCUT2D eigenvalue weighted by atomic mass is 9.87. The van der Waals surface area contributed by atoms with E-state index in [1.165, 1.54) is 37.8 Å². The molecule has 0 bridgehead atoms. The van der Waals surface area contributed by atoms with Crippen LogP contribution in [0.1, 0.15) is 49.4 Å². The Morgan fingerprint density at radius 3 is 2.81 bits per heavy atom. The Morgan fingerprint density at radius 2 is 2.19 bits per heavy atom. The fraction of sp³-hybridized carbons (Fsp3) is 0.667. The molecule has 1 N–H and O–H groups in total. The van der Waals surface area contributed by atoms with Gasteiger partial charge in [0, 0.05) is 18.7 Å². The lowest BCUT2D eigenvalue weighted by Gasteiger charge is -2.21. The van der Waals surface area contributed by atoms with Crippen molar-refractivity contribution in [2.45, 2.75) is 44.4 Å². The second kappa shape index (κ2) is 4.68. The first-order valence-corrected chi connectivity index (χ1v) is 5.91. The summed E-state index contributed by atoms with van der Waals surface area (Å²) in [5, 5.41) is 13.0. The van der Waals surface area contributed by atoms with E-state index in [2.05, 4.69) is 5.10 Å². The van der Waals surface area contributed by atoms with Crippen molar-refractivity contribution >= 4 is 5.97 Å². The molecule has 4 nitrogen and oxygen atoms in total. The van der Waals surface area contributed by atoms with Crippen molar-refractivity contribution in [1.29, 1.82) is 0 Å². The average Bonchev–Trinajstić information content (AvgIpc) is 2.60. The largest absolute Gasteiger partial charge is 0.481 e. The number of aryl methyl sites for hydroxylation is 1. The second-order valence-electron chi connectivity index (χ2n) is 4.59. The Hall–Kier alpha value is -1.32. The second-order valence-corrected chi connectivity index (χ2v) is 4.59. The zero-order valence-corrected chi connectivity index (χ0v) is 9.65. The van der Waals surface area contributed by atoms with E-state index in [4.69, 9.17) is 5.11 Å². The summed E-state index contributed by atoms with van der Waals surface area (Å²) < 4.78 is 1.86. The molecule has 88 valence electrons. The lowest BCUT2D eigenvalue weighted by Crippen LogP contribution is -2.09. The van der Waals surface area contributed by atoms with Crippen molar-refractivity contribution in [2.24, 2.45) is 7.05 Å². The highest BCUT2D eigenvalue weighted by atomic mass is 16.4. The van der Waals surface area contributed by atoms with E-state index in [1.807, 2.05) is 17.8 Å². The van der Waals surface area contributed by atoms with Crippen LogP contribution >= 0.6 is 0 Å². The number of aliphatic carboxylic acids is 1. The van der Waals surface area contributed by atoms with Gasteiger partial charge >= 0.3 is 5.97 Å². The molecule has 1 aliphatic carbocycles. The highest BCUT2D eigenvalue weighted by Crippen LogP contribution is 2.32. The molecule has 0 saturated heterocycles. The highest BCUT2D eigenvalue weighted by molar-refractivity contribution is 5.69. The van der Waals surface area contributed by atoms with Gasteiger partial charge in [-0.25, -0.2) is 0 Å². The molecule has 0 unspecified atom stereocenters. The van der Waals surface area contributed by atoms with Crippen LogP contribution in [-0.2, 0) is 18.3 Å². The topological polar surface area (TPSA) is 55.1 Å². The van der Waals surface area contributed by atoms with Crippen LogP contribution in [-0.4, -0.2) is 20.9 Å². The van der Waals surface area contributed by atoms with Gasteiger partial charge in [0.25, 0.3) is 0 Å². The normalized spacial score (nSPS) is 17.6. The molecule has 0 spiro atoms. The molecule has 0 radical (unpaired) electrons. The summed E-state index contributed by atoms with van der Waals surface area (Å²) in [6, 6.07) is 1.96. The Labute approximate surface area is 95.3 Å². The first-order valence-electron chi connectivity index (χ1n) is 5.91. The van der Waals surface area contributed by atoms with E-state index in [-0.39, 0.29) is 6.42 Å². The molecule has 16 heavy (non-hydrogen) atoms. The van der Waals surface area contributed by atoms with Gasteiger partial charge in [-0.1, -0.05) is 19.3 Å². The van der Waals surface area contributed by atoms with E-state index < -0.39 is 5.97 Å². The molecule has 0 aliphatic heterocycles. The summed E-state index contributed by atoms with van der Waals surface area (Å²) in [5.74, 6) is -0.234. The SMILES string of the molecule is Cn1nc(CC(=O)O)cc1C1CCCCC1. The van der Waals surface area contributed by atoms with E-state index in [0.29, 0.717) is 11.6 Å². The minimum Gasteiger partial charge on any atom is -0.481 e. The summed E-state index contributed by atoms with van der Waals surface area (Å²) >= 11 is 0. The van der Waals surface area contributed by atoms with E-state index in [9.17, 15) is 4.79 Å². The Bertz CT molecular complexity index is 378. The molecule has 2 rings (SSSR count). The summed E-state index contributed by atoms with van der Waals surface area (Å²) in [5.41, 5.74) is 1.88. The summed E-state index contributed by atoms with van der Waals surface area (Å²) in [7, 11) is 1.91. The number of carboxylic acids is 1. The molecular formula is C12H18N2O2. The average molecular weight is 222 g/mol. The van der Waals surface area contributed by atoms with Crippen molar-refractivity contribution in [3.05, 3.63) is 17.5 Å². The van der Waals surface area contributed by atoms with Gasteiger partial charge in [0.05, 0.1) is 12.1 Å². The van der Waals surface area contributed by atoms with Gasteiger partial charge in [0.15, 0.2) is 0 Å². The first kappa shape index (κ1) is 11.2. The maximum absolute atomic E-state index is 10.6. The molecule has 1 heterocycles. The fourth-order valence-corrected chi connectivity index (χ4v) is 2.57. The Morgan fingerprint density at radius 1 is 1.50 bits per heavy atom. The van der Waals surface area contributed by atoms with Crippen LogP contribution in [0, 0.1) is 0 Å². The predicted octanol–water partition coefficient (Wildman–Crippen LogP) is 2.09. The molecule has 0 amide bonds. The van der Waals surface area contributed by atoms with Crippen molar-refractivity contribution in [2.75, 3.05) is 0 Å². The summed E-state index contributed by atoms with van der Waals surface area (Å²) in [6.07, 6.45) is 6.35. The van der Waals surface area contributed by atoms with Gasteiger partial charge in [0.1, 0.15) is 0 Å². The van der Waals surface area contributed by atoms with Gasteiger partial charge < -0.3 is 5.11 Å². The Kier molecular flexibility index (Phi) is 3.27. The minimum atomic E-state index is -0.812. The van der Waals surface area contributed by atoms with Crippen LogP contribution in [0.2, 0.25) is 0 Å². The number of hydrogen-bond acceptors (Lipinski definition) is 2. The standard InChI is InChI=1S/C12H18N2O2/c1-14-11(9-5-3-2-4-6-9)7-10(13-14)8-12(15)16/h7,9H,2-6,8H2,1H3,(H,15,16). The molecule has 0 atom stereocenters. The molecule has 4 heteroatoms. The van der Waals surface area contributed by atoms with Gasteiger partial charge in [0.2, 0.25) is 0 Å². The molecule has 0 aromatic carbocycles. The third-order valence-electron chi connectivity index (χ3n) is 3.32. The predicted molar refractivity (Wildman–Crippen MR) is 60.4 cm³/mol. The zero-order valence-electron chi connectivity index (χ0n) is 9.65. The van der Waals surface area contributed by atoms with E-state index >= 15 is 0 Å². The van der Waals surface area contributed by atoms with Crippen LogP contribution in [0.5, 0.6) is 0 Å². The van der Waals surface area contributed by atoms with Gasteiger partial charge in [-0.05, 0) is 18.9 Å². The van der Waals surface area contributed by atoms with Crippen molar-refractivity contribution in [3.8, 4) is 0 Å². The first-order chi connectivity index (χ1) is 7.66. The maximum Gasteiger partial charge on any atom is 0.309 e. The number of nitrogens with zero attached hydrogens (tertiary/aromatic N) is 2. The van der Waals surface area contributed by atoms with Crippen LogP contribution in [0.4, 0.5) is 0 Å². The monoisotopic (exact) mass is 222 g/mol. The van der Waals surface area contributed by atoms with Gasteiger partial charge in [-0.3, -0.25) is 9.48 Å². The third kappa shape index (κ3) is 2.43. The molecule has 1 fully saturated rings. The number of carboxylic acid groups (broad SMARTS) is 1. The zero-order chi connectivity index (χ0) is 11.5. The smallest absolute Gasteiger partial charge is 0.309 e. The minimum absolute atomic E-state index is 0.0283. The Balaban J connectivity index is 2.13. The van der Waals surface area contributed by atoms with Crippen LogP contribution < -0.4 is 0 Å². The fourth-order valence-electron chi connectivity index (χ4n) is 2.57. The number of rotatable bonds is 3. The summed E-state index contributed by atoms with van der Waals surface area (Å²) in [6.45, 7) is 0. The van der Waals surface area contributed by atoms with Gasteiger partial charge in [-0.15, -0.1) is 0 Å². The van der Waals surface area contributed by atoms with Crippen molar-refractivity contribution < 1.29 is 9.90 Å².